The van der Waals surface area contributed by atoms with Crippen LogP contribution in [0, 0.1) is 0 Å². The summed E-state index contributed by atoms with van der Waals surface area (Å²) in [5.74, 6) is -0.0238. The Morgan fingerprint density at radius 2 is 2.39 bits per heavy atom. The van der Waals surface area contributed by atoms with Gasteiger partial charge < -0.3 is 15.4 Å². The fraction of sp³-hybridized carbons (Fsp3) is 0.467. The fourth-order valence-corrected chi connectivity index (χ4v) is 4.00. The molecule has 0 bridgehead atoms. The summed E-state index contributed by atoms with van der Waals surface area (Å²) in [6.45, 7) is 4.25. The molecule has 1 atom stereocenters. The van der Waals surface area contributed by atoms with Crippen molar-refractivity contribution in [3.63, 3.8) is 0 Å². The highest BCUT2D eigenvalue weighted by atomic mass is 35.5. The van der Waals surface area contributed by atoms with E-state index in [2.05, 4.69) is 34.7 Å². The van der Waals surface area contributed by atoms with E-state index in [1.165, 1.54) is 16.2 Å². The zero-order chi connectivity index (χ0) is 15.4. The molecular formula is C15H20ClN3O2S2. The molecule has 0 saturated carbocycles. The number of aromatic nitrogens is 1. The molecule has 3 rings (SSSR count). The Balaban J connectivity index is 0.00000192. The summed E-state index contributed by atoms with van der Waals surface area (Å²) in [4.78, 5) is 19.0. The largest absolute Gasteiger partial charge is 0.378 e. The summed E-state index contributed by atoms with van der Waals surface area (Å²) in [6.07, 6.45) is 1.45. The van der Waals surface area contributed by atoms with Gasteiger partial charge in [0, 0.05) is 29.3 Å². The summed E-state index contributed by atoms with van der Waals surface area (Å²) in [5, 5.41) is 8.80. The van der Waals surface area contributed by atoms with Gasteiger partial charge in [-0.2, -0.15) is 0 Å². The highest BCUT2D eigenvalue weighted by Crippen LogP contribution is 2.31. The van der Waals surface area contributed by atoms with Crippen molar-refractivity contribution in [2.75, 3.05) is 25.1 Å². The quantitative estimate of drug-likeness (QED) is 0.844. The number of anilines is 1. The minimum Gasteiger partial charge on any atom is -0.378 e. The zero-order valence-electron chi connectivity index (χ0n) is 12.8. The lowest BCUT2D eigenvalue weighted by atomic mass is 10.2. The number of morpholine rings is 1. The number of thiophene rings is 1. The Hall–Kier alpha value is -0.990. The van der Waals surface area contributed by atoms with Crippen LogP contribution in [0.3, 0.4) is 0 Å². The fourth-order valence-electron chi connectivity index (χ4n) is 2.29. The number of carbonyl (C=O) groups is 1. The summed E-state index contributed by atoms with van der Waals surface area (Å²) in [6, 6.07) is 4.32. The average molecular weight is 374 g/mol. The van der Waals surface area contributed by atoms with Gasteiger partial charge in [0.2, 0.25) is 5.91 Å². The van der Waals surface area contributed by atoms with Crippen LogP contribution in [0.2, 0.25) is 0 Å². The Bertz CT molecular complexity index is 638. The van der Waals surface area contributed by atoms with Gasteiger partial charge in [-0.25, -0.2) is 4.98 Å². The van der Waals surface area contributed by atoms with Crippen molar-refractivity contribution >= 4 is 46.1 Å². The second-order valence-electron chi connectivity index (χ2n) is 5.14. The van der Waals surface area contributed by atoms with Crippen molar-refractivity contribution in [2.45, 2.75) is 25.8 Å². The molecule has 2 N–H and O–H groups in total. The summed E-state index contributed by atoms with van der Waals surface area (Å²) in [5.41, 5.74) is 0.934. The van der Waals surface area contributed by atoms with Gasteiger partial charge in [0.25, 0.3) is 0 Å². The number of halogens is 1. The summed E-state index contributed by atoms with van der Waals surface area (Å²) >= 11 is 3.22. The Labute approximate surface area is 149 Å². The summed E-state index contributed by atoms with van der Waals surface area (Å²) in [7, 11) is 0. The van der Waals surface area contributed by atoms with Gasteiger partial charge in [-0.15, -0.1) is 35.1 Å². The smallest absolute Gasteiger partial charge is 0.227 e. The molecule has 0 aliphatic carbocycles. The number of aryl methyl sites for hydroxylation is 1. The van der Waals surface area contributed by atoms with Crippen molar-refractivity contribution in [3.05, 3.63) is 22.4 Å². The van der Waals surface area contributed by atoms with E-state index < -0.39 is 0 Å². The molecule has 1 aliphatic rings. The molecule has 0 aromatic carbocycles. The van der Waals surface area contributed by atoms with Crippen LogP contribution in [-0.4, -0.2) is 36.7 Å². The molecule has 2 aromatic rings. The number of amides is 1. The van der Waals surface area contributed by atoms with Crippen molar-refractivity contribution in [2.24, 2.45) is 0 Å². The molecular weight excluding hydrogens is 354 g/mol. The van der Waals surface area contributed by atoms with Gasteiger partial charge in [-0.3, -0.25) is 4.79 Å². The van der Waals surface area contributed by atoms with Crippen LogP contribution in [0.4, 0.5) is 5.13 Å². The third kappa shape index (κ3) is 4.99. The van der Waals surface area contributed by atoms with E-state index in [9.17, 15) is 4.79 Å². The predicted octanol–water partition coefficient (Wildman–Crippen LogP) is 3.17. The van der Waals surface area contributed by atoms with Crippen LogP contribution < -0.4 is 10.6 Å². The van der Waals surface area contributed by atoms with Crippen molar-refractivity contribution in [1.29, 1.82) is 0 Å². The third-order valence-electron chi connectivity index (χ3n) is 3.44. The van der Waals surface area contributed by atoms with Crippen LogP contribution >= 0.6 is 35.1 Å². The molecule has 0 spiro atoms. The van der Waals surface area contributed by atoms with Crippen LogP contribution in [0.1, 0.15) is 18.2 Å². The molecule has 5 nitrogen and oxygen atoms in total. The molecule has 3 heterocycles. The van der Waals surface area contributed by atoms with E-state index in [1.807, 2.05) is 5.38 Å². The number of hydrogen-bond acceptors (Lipinski definition) is 6. The lowest BCUT2D eigenvalue weighted by Crippen LogP contribution is -2.43. The molecule has 1 fully saturated rings. The van der Waals surface area contributed by atoms with E-state index in [0.29, 0.717) is 24.8 Å². The normalized spacial score (nSPS) is 17.5. The number of carbonyl (C=O) groups excluding carboxylic acids is 1. The van der Waals surface area contributed by atoms with Crippen LogP contribution in [-0.2, 0) is 16.0 Å². The second-order valence-corrected chi connectivity index (χ2v) is 7.16. The maximum atomic E-state index is 12.0. The Morgan fingerprint density at radius 3 is 3.09 bits per heavy atom. The minimum absolute atomic E-state index is 0. The first-order valence-corrected chi connectivity index (χ1v) is 9.10. The molecule has 0 radical (unpaired) electrons. The second kappa shape index (κ2) is 8.75. The van der Waals surface area contributed by atoms with Crippen LogP contribution in [0.5, 0.6) is 0 Å². The molecule has 1 amide bonds. The number of hydrogen-bond donors (Lipinski definition) is 2. The van der Waals surface area contributed by atoms with E-state index in [-0.39, 0.29) is 24.4 Å². The van der Waals surface area contributed by atoms with Crippen LogP contribution in [0.25, 0.3) is 10.6 Å². The lowest BCUT2D eigenvalue weighted by Gasteiger charge is -2.22. The van der Waals surface area contributed by atoms with Crippen molar-refractivity contribution in [3.8, 4) is 10.6 Å². The maximum Gasteiger partial charge on any atom is 0.227 e. The monoisotopic (exact) mass is 373 g/mol. The average Bonchev–Trinajstić information content (AvgIpc) is 3.16. The topological polar surface area (TPSA) is 63.2 Å². The maximum absolute atomic E-state index is 12.0. The van der Waals surface area contributed by atoms with Gasteiger partial charge in [0.05, 0.1) is 23.8 Å². The minimum atomic E-state index is -0.0238. The van der Waals surface area contributed by atoms with Gasteiger partial charge in [-0.1, -0.05) is 6.92 Å². The molecule has 1 aliphatic heterocycles. The third-order valence-corrected chi connectivity index (χ3v) is 5.45. The molecule has 1 unspecified atom stereocenters. The molecule has 23 heavy (non-hydrogen) atoms. The first-order chi connectivity index (χ1) is 10.7. The number of nitrogens with one attached hydrogen (secondary N) is 2. The Morgan fingerprint density at radius 1 is 1.52 bits per heavy atom. The first kappa shape index (κ1) is 18.4. The van der Waals surface area contributed by atoms with Gasteiger partial charge >= 0.3 is 0 Å². The molecule has 1 saturated heterocycles. The lowest BCUT2D eigenvalue weighted by molar-refractivity contribution is -0.117. The number of nitrogens with zero attached hydrogens (tertiary/aromatic N) is 1. The standard InChI is InChI=1S/C15H19N3O2S2.ClH/c1-2-11-3-4-13(22-11)12-9-21-15(17-12)18-14(19)7-10-8-20-6-5-16-10;/h3-4,9-10,16H,2,5-8H2,1H3,(H,17,18,19);1H. The number of rotatable bonds is 5. The van der Waals surface area contributed by atoms with Gasteiger partial charge in [-0.05, 0) is 18.6 Å². The molecule has 2 aromatic heterocycles. The van der Waals surface area contributed by atoms with E-state index in [1.54, 1.807) is 11.3 Å². The number of ether oxygens (including phenoxy) is 1. The van der Waals surface area contributed by atoms with Crippen LogP contribution in [0.15, 0.2) is 17.5 Å². The van der Waals surface area contributed by atoms with Crippen molar-refractivity contribution in [1.82, 2.24) is 10.3 Å². The first-order valence-electron chi connectivity index (χ1n) is 7.40. The van der Waals surface area contributed by atoms with Crippen molar-refractivity contribution < 1.29 is 9.53 Å². The predicted molar refractivity (Wildman–Crippen MR) is 97.9 cm³/mol. The van der Waals surface area contributed by atoms with E-state index >= 15 is 0 Å². The van der Waals surface area contributed by atoms with Gasteiger partial charge in [0.1, 0.15) is 0 Å². The molecule has 126 valence electrons. The SMILES string of the molecule is CCc1ccc(-c2csc(NC(=O)CC3COCCN3)n2)s1.Cl. The zero-order valence-corrected chi connectivity index (χ0v) is 15.3. The Kier molecular flexibility index (Phi) is 6.98. The molecule has 8 heteroatoms. The van der Waals surface area contributed by atoms with E-state index in [4.69, 9.17) is 4.74 Å². The summed E-state index contributed by atoms with van der Waals surface area (Å²) < 4.78 is 5.35. The highest BCUT2D eigenvalue weighted by molar-refractivity contribution is 7.17. The highest BCUT2D eigenvalue weighted by Gasteiger charge is 2.17. The number of thiazole rings is 1. The van der Waals surface area contributed by atoms with E-state index in [0.717, 1.165) is 23.5 Å². The van der Waals surface area contributed by atoms with Gasteiger partial charge in [0.15, 0.2) is 5.13 Å².